The van der Waals surface area contributed by atoms with Crippen LogP contribution in [0.25, 0.3) is 0 Å². The highest BCUT2D eigenvalue weighted by Crippen LogP contribution is 2.25. The Morgan fingerprint density at radius 1 is 1.43 bits per heavy atom. The Balaban J connectivity index is 1.89. The Kier molecular flexibility index (Phi) is 5.94. The van der Waals surface area contributed by atoms with Crippen LogP contribution in [0.3, 0.4) is 0 Å². The third-order valence-corrected chi connectivity index (χ3v) is 3.85. The molecule has 116 valence electrons. The van der Waals surface area contributed by atoms with E-state index < -0.39 is 0 Å². The van der Waals surface area contributed by atoms with Crippen LogP contribution >= 0.6 is 12.2 Å². The summed E-state index contributed by atoms with van der Waals surface area (Å²) < 4.78 is 5.53. The van der Waals surface area contributed by atoms with Crippen molar-refractivity contribution in [3.8, 4) is 0 Å². The van der Waals surface area contributed by atoms with Crippen molar-refractivity contribution in [1.82, 2.24) is 4.98 Å². The molecule has 1 aliphatic carbocycles. The summed E-state index contributed by atoms with van der Waals surface area (Å²) in [5.41, 5.74) is 9.20. The van der Waals surface area contributed by atoms with E-state index in [1.807, 2.05) is 0 Å². The summed E-state index contributed by atoms with van der Waals surface area (Å²) >= 11 is 5.15. The number of nitrogens with one attached hydrogen (secondary N) is 1. The molecular weight excluding hydrogens is 282 g/mol. The molecule has 0 saturated heterocycles. The predicted molar refractivity (Wildman–Crippen MR) is 91.0 cm³/mol. The molecule has 5 heteroatoms. The second-order valence-corrected chi connectivity index (χ2v) is 6.20. The zero-order valence-corrected chi connectivity index (χ0v) is 13.8. The molecule has 0 saturated carbocycles. The van der Waals surface area contributed by atoms with Gasteiger partial charge in [0.25, 0.3) is 0 Å². The van der Waals surface area contributed by atoms with Gasteiger partial charge in [0.2, 0.25) is 0 Å². The molecule has 0 radical (unpaired) electrons. The maximum Gasteiger partial charge on any atom is 0.136 e. The fourth-order valence-electron chi connectivity index (χ4n) is 2.55. The maximum atomic E-state index is 5.83. The second-order valence-electron chi connectivity index (χ2n) is 5.76. The van der Waals surface area contributed by atoms with Crippen molar-refractivity contribution >= 4 is 23.0 Å². The van der Waals surface area contributed by atoms with E-state index in [2.05, 4.69) is 25.2 Å². The van der Waals surface area contributed by atoms with Gasteiger partial charge in [-0.3, -0.25) is 0 Å². The number of nitrogens with two attached hydrogens (primary N) is 1. The third kappa shape index (κ3) is 4.64. The number of unbranched alkanes of at least 4 members (excludes halogenated alkanes) is 1. The molecule has 0 amide bonds. The minimum absolute atomic E-state index is 0.303. The number of fused-ring (bicyclic) bond motifs is 1. The van der Waals surface area contributed by atoms with Crippen LogP contribution in [0.15, 0.2) is 6.07 Å². The zero-order chi connectivity index (χ0) is 15.2. The SMILES string of the molecule is CC(C)OCCCCNc1nc2c(cc1C(N)=S)CCC2. The Hall–Kier alpha value is -1.20. The number of anilines is 1. The molecule has 1 aromatic rings. The van der Waals surface area contributed by atoms with Crippen LogP contribution in [0, 0.1) is 0 Å². The zero-order valence-electron chi connectivity index (χ0n) is 12.9. The standard InChI is InChI=1S/C16H25N3OS/c1-11(2)20-9-4-3-8-18-16-13(15(17)21)10-12-6-5-7-14(12)19-16/h10-11H,3-9H2,1-2H3,(H2,17,21)(H,18,19). The molecule has 21 heavy (non-hydrogen) atoms. The summed E-state index contributed by atoms with van der Waals surface area (Å²) in [6.45, 7) is 5.78. The molecule has 2 rings (SSSR count). The number of hydrogen-bond acceptors (Lipinski definition) is 4. The van der Waals surface area contributed by atoms with Crippen LogP contribution < -0.4 is 11.1 Å². The van der Waals surface area contributed by atoms with Crippen molar-refractivity contribution in [1.29, 1.82) is 0 Å². The van der Waals surface area contributed by atoms with Crippen molar-refractivity contribution in [2.45, 2.75) is 52.1 Å². The molecule has 1 aliphatic rings. The summed E-state index contributed by atoms with van der Waals surface area (Å²) in [6, 6.07) is 2.11. The van der Waals surface area contributed by atoms with Crippen molar-refractivity contribution in [2.75, 3.05) is 18.5 Å². The van der Waals surface area contributed by atoms with Crippen molar-refractivity contribution in [2.24, 2.45) is 5.73 Å². The maximum absolute atomic E-state index is 5.83. The Morgan fingerprint density at radius 3 is 2.95 bits per heavy atom. The number of thiocarbonyl (C=S) groups is 1. The van der Waals surface area contributed by atoms with Crippen LogP contribution in [-0.2, 0) is 17.6 Å². The first-order chi connectivity index (χ1) is 10.1. The van der Waals surface area contributed by atoms with Crippen LogP contribution in [0.1, 0.15) is 49.9 Å². The fourth-order valence-corrected chi connectivity index (χ4v) is 2.70. The monoisotopic (exact) mass is 307 g/mol. The molecule has 0 fully saturated rings. The average molecular weight is 307 g/mol. The first kappa shape index (κ1) is 16.2. The Bertz CT molecular complexity index is 503. The lowest BCUT2D eigenvalue weighted by molar-refractivity contribution is 0.0765. The molecule has 0 aromatic carbocycles. The predicted octanol–water partition coefficient (Wildman–Crippen LogP) is 2.82. The molecule has 4 nitrogen and oxygen atoms in total. The average Bonchev–Trinajstić information content (AvgIpc) is 2.88. The number of ether oxygens (including phenoxy) is 1. The van der Waals surface area contributed by atoms with Gasteiger partial charge in [0.15, 0.2) is 0 Å². The highest BCUT2D eigenvalue weighted by molar-refractivity contribution is 7.80. The topological polar surface area (TPSA) is 60.2 Å². The molecule has 0 aliphatic heterocycles. The number of nitrogens with zero attached hydrogens (tertiary/aromatic N) is 1. The van der Waals surface area contributed by atoms with Gasteiger partial charge in [0.1, 0.15) is 10.8 Å². The normalized spacial score (nSPS) is 13.5. The molecule has 0 atom stereocenters. The van der Waals surface area contributed by atoms with E-state index >= 15 is 0 Å². The number of aromatic nitrogens is 1. The Labute approximate surface area is 132 Å². The minimum atomic E-state index is 0.303. The van der Waals surface area contributed by atoms with Gasteiger partial charge in [-0.1, -0.05) is 12.2 Å². The van der Waals surface area contributed by atoms with E-state index in [0.29, 0.717) is 11.1 Å². The number of rotatable bonds is 8. The lowest BCUT2D eigenvalue weighted by Gasteiger charge is -2.13. The van der Waals surface area contributed by atoms with Crippen LogP contribution in [-0.4, -0.2) is 29.2 Å². The van der Waals surface area contributed by atoms with Gasteiger partial charge < -0.3 is 15.8 Å². The van der Waals surface area contributed by atoms with Crippen LogP contribution in [0.5, 0.6) is 0 Å². The van der Waals surface area contributed by atoms with Crippen LogP contribution in [0.4, 0.5) is 5.82 Å². The van der Waals surface area contributed by atoms with Gasteiger partial charge in [-0.05, 0) is 57.6 Å². The summed E-state index contributed by atoms with van der Waals surface area (Å²) in [6.07, 6.45) is 5.71. The Morgan fingerprint density at radius 2 is 2.24 bits per heavy atom. The van der Waals surface area contributed by atoms with E-state index in [0.717, 1.165) is 50.2 Å². The third-order valence-electron chi connectivity index (χ3n) is 3.63. The molecule has 1 heterocycles. The van der Waals surface area contributed by atoms with Crippen LogP contribution in [0.2, 0.25) is 0 Å². The van der Waals surface area contributed by atoms with Gasteiger partial charge in [-0.15, -0.1) is 0 Å². The van der Waals surface area contributed by atoms with Gasteiger partial charge in [0.05, 0.1) is 11.7 Å². The quantitative estimate of drug-likeness (QED) is 0.571. The molecule has 0 spiro atoms. The van der Waals surface area contributed by atoms with E-state index in [9.17, 15) is 0 Å². The van der Waals surface area contributed by atoms with Crippen molar-refractivity contribution in [3.05, 3.63) is 22.9 Å². The summed E-state index contributed by atoms with van der Waals surface area (Å²) in [5, 5.41) is 3.38. The van der Waals surface area contributed by atoms with Crippen molar-refractivity contribution < 1.29 is 4.74 Å². The van der Waals surface area contributed by atoms with E-state index in [1.165, 1.54) is 17.7 Å². The smallest absolute Gasteiger partial charge is 0.136 e. The summed E-state index contributed by atoms with van der Waals surface area (Å²) in [4.78, 5) is 5.13. The minimum Gasteiger partial charge on any atom is -0.389 e. The molecule has 3 N–H and O–H groups in total. The lowest BCUT2D eigenvalue weighted by atomic mass is 10.1. The van der Waals surface area contributed by atoms with E-state index in [1.54, 1.807) is 0 Å². The number of pyridine rings is 1. The fraction of sp³-hybridized carbons (Fsp3) is 0.625. The second kappa shape index (κ2) is 7.71. The van der Waals surface area contributed by atoms with Gasteiger partial charge in [0, 0.05) is 18.8 Å². The summed E-state index contributed by atoms with van der Waals surface area (Å²) in [5.74, 6) is 0.841. The highest BCUT2D eigenvalue weighted by Gasteiger charge is 2.17. The highest BCUT2D eigenvalue weighted by atomic mass is 32.1. The first-order valence-corrected chi connectivity index (χ1v) is 8.17. The number of hydrogen-bond donors (Lipinski definition) is 2. The summed E-state index contributed by atoms with van der Waals surface area (Å²) in [7, 11) is 0. The van der Waals surface area contributed by atoms with Gasteiger partial charge in [-0.2, -0.15) is 0 Å². The van der Waals surface area contributed by atoms with Crippen molar-refractivity contribution in [3.63, 3.8) is 0 Å². The molecule has 0 unspecified atom stereocenters. The molecular formula is C16H25N3OS. The largest absolute Gasteiger partial charge is 0.389 e. The van der Waals surface area contributed by atoms with Gasteiger partial charge in [-0.25, -0.2) is 4.98 Å². The molecule has 1 aromatic heterocycles. The number of aryl methyl sites for hydroxylation is 2. The van der Waals surface area contributed by atoms with Gasteiger partial charge >= 0.3 is 0 Å². The van der Waals surface area contributed by atoms with E-state index in [4.69, 9.17) is 27.7 Å². The first-order valence-electron chi connectivity index (χ1n) is 7.76. The molecule has 0 bridgehead atoms. The van der Waals surface area contributed by atoms with E-state index in [-0.39, 0.29) is 0 Å². The lowest BCUT2D eigenvalue weighted by Crippen LogP contribution is -2.16.